The van der Waals surface area contributed by atoms with Gasteiger partial charge in [-0.25, -0.2) is 4.79 Å². The number of hydrogen-bond donors (Lipinski definition) is 1. The summed E-state index contributed by atoms with van der Waals surface area (Å²) in [5.74, 6) is -1.11. The van der Waals surface area contributed by atoms with Gasteiger partial charge in [-0.3, -0.25) is 4.79 Å². The van der Waals surface area contributed by atoms with Crippen LogP contribution in [0.2, 0.25) is 0 Å². The number of aliphatic carboxylic acids is 1. The van der Waals surface area contributed by atoms with Crippen molar-refractivity contribution in [1.29, 1.82) is 0 Å². The minimum atomic E-state index is -1.03. The molecule has 1 aliphatic rings. The van der Waals surface area contributed by atoms with Gasteiger partial charge in [-0.15, -0.1) is 0 Å². The molecule has 1 aromatic rings. The van der Waals surface area contributed by atoms with Crippen molar-refractivity contribution >= 4 is 27.8 Å². The number of rotatable bonds is 3. The van der Waals surface area contributed by atoms with Crippen LogP contribution in [0, 0.1) is 0 Å². The van der Waals surface area contributed by atoms with Gasteiger partial charge in [-0.2, -0.15) is 0 Å². The molecule has 0 spiro atoms. The SMILES string of the molecule is O=C(O)C1CN(C(=O)Cc2ccccc2Br)CCO1. The monoisotopic (exact) mass is 327 g/mol. The van der Waals surface area contributed by atoms with Crippen LogP contribution in [0.3, 0.4) is 0 Å². The van der Waals surface area contributed by atoms with Gasteiger partial charge >= 0.3 is 5.97 Å². The molecular weight excluding hydrogens is 314 g/mol. The number of carbonyl (C=O) groups is 2. The second kappa shape index (κ2) is 6.16. The molecule has 1 amide bonds. The van der Waals surface area contributed by atoms with Gasteiger partial charge in [0, 0.05) is 11.0 Å². The molecule has 2 rings (SSSR count). The van der Waals surface area contributed by atoms with Gasteiger partial charge < -0.3 is 14.7 Å². The highest BCUT2D eigenvalue weighted by molar-refractivity contribution is 9.10. The molecule has 1 saturated heterocycles. The number of carboxylic acids is 1. The Morgan fingerprint density at radius 3 is 2.84 bits per heavy atom. The lowest BCUT2D eigenvalue weighted by atomic mass is 10.1. The van der Waals surface area contributed by atoms with Crippen molar-refractivity contribution in [2.75, 3.05) is 19.7 Å². The Labute approximate surface area is 119 Å². The first-order valence-electron chi connectivity index (χ1n) is 5.93. The van der Waals surface area contributed by atoms with Gasteiger partial charge in [0.1, 0.15) is 0 Å². The summed E-state index contributed by atoms with van der Waals surface area (Å²) < 4.78 is 5.97. The molecule has 1 aromatic carbocycles. The largest absolute Gasteiger partial charge is 0.479 e. The standard InChI is InChI=1S/C13H14BrNO4/c14-10-4-2-1-3-9(10)7-12(16)15-5-6-19-11(8-15)13(17)18/h1-4,11H,5-8H2,(H,17,18). The van der Waals surface area contributed by atoms with Crippen molar-refractivity contribution in [3.05, 3.63) is 34.3 Å². The molecule has 1 atom stereocenters. The molecule has 0 radical (unpaired) electrons. The molecule has 1 fully saturated rings. The zero-order chi connectivity index (χ0) is 13.8. The van der Waals surface area contributed by atoms with E-state index in [1.54, 1.807) is 4.90 Å². The number of hydrogen-bond acceptors (Lipinski definition) is 3. The Morgan fingerprint density at radius 2 is 2.16 bits per heavy atom. The Bertz CT molecular complexity index is 491. The number of morpholine rings is 1. The minimum Gasteiger partial charge on any atom is -0.479 e. The van der Waals surface area contributed by atoms with E-state index in [1.807, 2.05) is 24.3 Å². The molecule has 1 aliphatic heterocycles. The van der Waals surface area contributed by atoms with Gasteiger partial charge in [0.05, 0.1) is 19.6 Å². The average molecular weight is 328 g/mol. The second-order valence-electron chi connectivity index (χ2n) is 4.31. The van der Waals surface area contributed by atoms with E-state index in [1.165, 1.54) is 0 Å². The number of halogens is 1. The highest BCUT2D eigenvalue weighted by Crippen LogP contribution is 2.17. The maximum atomic E-state index is 12.1. The third kappa shape index (κ3) is 3.54. The van der Waals surface area contributed by atoms with Gasteiger partial charge in [0.25, 0.3) is 0 Å². The lowest BCUT2D eigenvalue weighted by Crippen LogP contribution is -2.49. The molecule has 19 heavy (non-hydrogen) atoms. The number of nitrogens with zero attached hydrogens (tertiary/aromatic N) is 1. The van der Waals surface area contributed by atoms with Crippen molar-refractivity contribution in [2.24, 2.45) is 0 Å². The number of carbonyl (C=O) groups excluding carboxylic acids is 1. The Balaban J connectivity index is 2.00. The zero-order valence-corrected chi connectivity index (χ0v) is 11.8. The topological polar surface area (TPSA) is 66.8 Å². The van der Waals surface area contributed by atoms with Crippen molar-refractivity contribution in [1.82, 2.24) is 4.90 Å². The normalized spacial score (nSPS) is 19.2. The van der Waals surface area contributed by atoms with Crippen LogP contribution in [-0.2, 0) is 20.7 Å². The molecule has 0 aromatic heterocycles. The molecule has 0 bridgehead atoms. The summed E-state index contributed by atoms with van der Waals surface area (Å²) in [6.45, 7) is 0.810. The van der Waals surface area contributed by atoms with Crippen LogP contribution in [-0.4, -0.2) is 47.7 Å². The molecule has 0 saturated carbocycles. The van der Waals surface area contributed by atoms with E-state index >= 15 is 0 Å². The van der Waals surface area contributed by atoms with Crippen molar-refractivity contribution in [3.63, 3.8) is 0 Å². The van der Waals surface area contributed by atoms with Crippen LogP contribution in [0.4, 0.5) is 0 Å². The predicted molar refractivity (Wildman–Crippen MR) is 71.8 cm³/mol. The summed E-state index contributed by atoms with van der Waals surface area (Å²) in [5, 5.41) is 8.90. The summed E-state index contributed by atoms with van der Waals surface area (Å²) in [4.78, 5) is 24.6. The molecule has 6 heteroatoms. The van der Waals surface area contributed by atoms with E-state index in [0.717, 1.165) is 10.0 Å². The number of carboxylic acid groups (broad SMARTS) is 1. The quantitative estimate of drug-likeness (QED) is 0.908. The number of ether oxygens (including phenoxy) is 1. The first kappa shape index (κ1) is 14.0. The molecule has 1 N–H and O–H groups in total. The zero-order valence-electron chi connectivity index (χ0n) is 10.2. The molecule has 102 valence electrons. The van der Waals surface area contributed by atoms with E-state index in [0.29, 0.717) is 6.54 Å². The van der Waals surface area contributed by atoms with Crippen LogP contribution < -0.4 is 0 Å². The fourth-order valence-electron chi connectivity index (χ4n) is 1.94. The van der Waals surface area contributed by atoms with E-state index in [2.05, 4.69) is 15.9 Å². The summed E-state index contributed by atoms with van der Waals surface area (Å²) in [6.07, 6.45) is -0.662. The average Bonchev–Trinajstić information content (AvgIpc) is 2.41. The van der Waals surface area contributed by atoms with Gasteiger partial charge in [0.15, 0.2) is 6.10 Å². The van der Waals surface area contributed by atoms with Crippen LogP contribution >= 0.6 is 15.9 Å². The highest BCUT2D eigenvalue weighted by Gasteiger charge is 2.28. The van der Waals surface area contributed by atoms with Gasteiger partial charge in [0.2, 0.25) is 5.91 Å². The van der Waals surface area contributed by atoms with Crippen molar-refractivity contribution in [3.8, 4) is 0 Å². The summed E-state index contributed by atoms with van der Waals surface area (Å²) in [5.41, 5.74) is 0.894. The van der Waals surface area contributed by atoms with Crippen LogP contribution in [0.15, 0.2) is 28.7 Å². The maximum Gasteiger partial charge on any atom is 0.334 e. The van der Waals surface area contributed by atoms with Gasteiger partial charge in [-0.1, -0.05) is 34.1 Å². The van der Waals surface area contributed by atoms with Crippen LogP contribution in [0.25, 0.3) is 0 Å². The third-order valence-electron chi connectivity index (χ3n) is 2.99. The lowest BCUT2D eigenvalue weighted by molar-refractivity contribution is -0.159. The molecule has 0 aliphatic carbocycles. The molecule has 5 nitrogen and oxygen atoms in total. The fraction of sp³-hybridized carbons (Fsp3) is 0.385. The predicted octanol–water partition coefficient (Wildman–Crippen LogP) is 1.30. The number of amides is 1. The highest BCUT2D eigenvalue weighted by atomic mass is 79.9. The van der Waals surface area contributed by atoms with Crippen molar-refractivity contribution < 1.29 is 19.4 Å². The molecule has 1 heterocycles. The minimum absolute atomic E-state index is 0.0820. The van der Waals surface area contributed by atoms with Crippen LogP contribution in [0.5, 0.6) is 0 Å². The van der Waals surface area contributed by atoms with Gasteiger partial charge in [-0.05, 0) is 11.6 Å². The van der Waals surface area contributed by atoms with Crippen molar-refractivity contribution in [2.45, 2.75) is 12.5 Å². The third-order valence-corrected chi connectivity index (χ3v) is 3.77. The first-order chi connectivity index (χ1) is 9.08. The van der Waals surface area contributed by atoms with E-state index in [4.69, 9.17) is 9.84 Å². The smallest absolute Gasteiger partial charge is 0.334 e. The lowest BCUT2D eigenvalue weighted by Gasteiger charge is -2.31. The number of benzene rings is 1. The van der Waals surface area contributed by atoms with E-state index in [9.17, 15) is 9.59 Å². The van der Waals surface area contributed by atoms with E-state index < -0.39 is 12.1 Å². The molecule has 1 unspecified atom stereocenters. The Morgan fingerprint density at radius 1 is 1.42 bits per heavy atom. The van der Waals surface area contributed by atoms with Crippen LogP contribution in [0.1, 0.15) is 5.56 Å². The maximum absolute atomic E-state index is 12.1. The summed E-state index contributed by atoms with van der Waals surface area (Å²) in [6, 6.07) is 7.50. The first-order valence-corrected chi connectivity index (χ1v) is 6.73. The second-order valence-corrected chi connectivity index (χ2v) is 5.16. The Kier molecular flexibility index (Phi) is 4.55. The van der Waals surface area contributed by atoms with E-state index in [-0.39, 0.29) is 25.5 Å². The Hall–Kier alpha value is -1.40. The summed E-state index contributed by atoms with van der Waals surface area (Å²) >= 11 is 3.39. The fourth-order valence-corrected chi connectivity index (χ4v) is 2.37. The molecular formula is C13H14BrNO4. The summed E-state index contributed by atoms with van der Waals surface area (Å²) in [7, 11) is 0.